The lowest BCUT2D eigenvalue weighted by atomic mass is 10.5. The normalized spacial score (nSPS) is 15.0. The molecule has 0 aliphatic heterocycles. The Labute approximate surface area is 45.4 Å². The lowest BCUT2D eigenvalue weighted by Crippen LogP contribution is -2.03. The van der Waals surface area contributed by atoms with Crippen LogP contribution in [0.1, 0.15) is 13.8 Å². The SMILES string of the molecule is CC(C)OP(C)[O-]. The van der Waals surface area contributed by atoms with Gasteiger partial charge in [-0.3, -0.25) is 0 Å². The standard InChI is InChI=1S/C4H10O2P/c1-4(2)6-7(3)5/h4H,1-3H3/q-1. The van der Waals surface area contributed by atoms with Crippen LogP contribution < -0.4 is 4.89 Å². The van der Waals surface area contributed by atoms with E-state index in [9.17, 15) is 4.89 Å². The zero-order chi connectivity index (χ0) is 5.86. The summed E-state index contributed by atoms with van der Waals surface area (Å²) in [5.74, 6) is 0. The molecule has 0 aromatic rings. The first kappa shape index (κ1) is 7.35. The first-order valence-corrected chi connectivity index (χ1v) is 3.83. The third kappa shape index (κ3) is 6.35. The van der Waals surface area contributed by atoms with Crippen LogP contribution in [0.5, 0.6) is 0 Å². The molecule has 0 heterocycles. The van der Waals surface area contributed by atoms with Crippen molar-refractivity contribution in [2.75, 3.05) is 6.66 Å². The van der Waals surface area contributed by atoms with Crippen LogP contribution in [0.25, 0.3) is 0 Å². The predicted molar refractivity (Wildman–Crippen MR) is 29.1 cm³/mol. The molecule has 3 heteroatoms. The number of hydrogen-bond acceptors (Lipinski definition) is 2. The van der Waals surface area contributed by atoms with Crippen molar-refractivity contribution in [1.82, 2.24) is 0 Å². The average Bonchev–Trinajstić information content (AvgIpc) is 1.27. The van der Waals surface area contributed by atoms with E-state index in [0.717, 1.165) is 0 Å². The number of hydrogen-bond donors (Lipinski definition) is 0. The third-order valence-corrected chi connectivity index (χ3v) is 1.08. The maximum atomic E-state index is 10.2. The van der Waals surface area contributed by atoms with Gasteiger partial charge >= 0.3 is 0 Å². The Morgan fingerprint density at radius 1 is 1.57 bits per heavy atom. The van der Waals surface area contributed by atoms with E-state index in [1.807, 2.05) is 13.8 Å². The summed E-state index contributed by atoms with van der Waals surface area (Å²) in [5, 5.41) is 0. The van der Waals surface area contributed by atoms with Crippen LogP contribution in [-0.4, -0.2) is 12.8 Å². The van der Waals surface area contributed by atoms with E-state index in [1.54, 1.807) is 6.66 Å². The van der Waals surface area contributed by atoms with Gasteiger partial charge in [0.25, 0.3) is 0 Å². The van der Waals surface area contributed by atoms with E-state index in [4.69, 9.17) is 4.52 Å². The van der Waals surface area contributed by atoms with Gasteiger partial charge in [-0.15, -0.1) is 0 Å². The molecule has 44 valence electrons. The molecule has 0 aromatic heterocycles. The van der Waals surface area contributed by atoms with Gasteiger partial charge in [-0.25, -0.2) is 0 Å². The molecule has 0 spiro atoms. The molecule has 0 aliphatic rings. The Morgan fingerprint density at radius 3 is 2.00 bits per heavy atom. The summed E-state index contributed by atoms with van der Waals surface area (Å²) in [6, 6.07) is 0. The van der Waals surface area contributed by atoms with E-state index >= 15 is 0 Å². The van der Waals surface area contributed by atoms with Crippen molar-refractivity contribution in [2.24, 2.45) is 0 Å². The van der Waals surface area contributed by atoms with Gasteiger partial charge in [-0.2, -0.15) is 0 Å². The summed E-state index contributed by atoms with van der Waals surface area (Å²) < 4.78 is 4.76. The molecular weight excluding hydrogens is 111 g/mol. The Bertz CT molecular complexity index is 39.0. The predicted octanol–water partition coefficient (Wildman–Crippen LogP) is 0.713. The van der Waals surface area contributed by atoms with Crippen molar-refractivity contribution in [2.45, 2.75) is 20.0 Å². The highest BCUT2D eigenvalue weighted by molar-refractivity contribution is 7.43. The fourth-order valence-corrected chi connectivity index (χ4v) is 0.891. The number of rotatable bonds is 2. The van der Waals surface area contributed by atoms with Crippen LogP contribution in [-0.2, 0) is 4.52 Å². The molecule has 0 bridgehead atoms. The first-order valence-electron chi connectivity index (χ1n) is 2.20. The summed E-state index contributed by atoms with van der Waals surface area (Å²) in [6.07, 6.45) is 0.0913. The Hall–Kier alpha value is 0.350. The van der Waals surface area contributed by atoms with Crippen LogP contribution in [0.2, 0.25) is 0 Å². The minimum absolute atomic E-state index is 0.0913. The molecule has 0 saturated heterocycles. The molecule has 1 atom stereocenters. The van der Waals surface area contributed by atoms with Gasteiger partial charge in [0.1, 0.15) is 0 Å². The van der Waals surface area contributed by atoms with Crippen molar-refractivity contribution in [3.63, 3.8) is 0 Å². The van der Waals surface area contributed by atoms with Crippen LogP contribution in [0, 0.1) is 0 Å². The van der Waals surface area contributed by atoms with Gasteiger partial charge in [0.05, 0.1) is 6.10 Å². The Balaban J connectivity index is 2.95. The average molecular weight is 121 g/mol. The Morgan fingerprint density at radius 2 is 2.00 bits per heavy atom. The zero-order valence-electron chi connectivity index (χ0n) is 4.84. The van der Waals surface area contributed by atoms with Crippen LogP contribution in [0.15, 0.2) is 0 Å². The topological polar surface area (TPSA) is 32.3 Å². The van der Waals surface area contributed by atoms with Crippen molar-refractivity contribution < 1.29 is 9.42 Å². The second-order valence-electron chi connectivity index (χ2n) is 1.59. The van der Waals surface area contributed by atoms with E-state index in [2.05, 4.69) is 0 Å². The Kier molecular flexibility index (Phi) is 3.53. The van der Waals surface area contributed by atoms with E-state index < -0.39 is 8.38 Å². The third-order valence-electron chi connectivity index (χ3n) is 0.359. The summed E-state index contributed by atoms with van der Waals surface area (Å²) in [6.45, 7) is 5.27. The lowest BCUT2D eigenvalue weighted by Gasteiger charge is -2.19. The van der Waals surface area contributed by atoms with Gasteiger partial charge in [0, 0.05) is 0 Å². The molecular formula is C4H10O2P-. The van der Waals surface area contributed by atoms with Crippen LogP contribution in [0.4, 0.5) is 0 Å². The molecule has 0 radical (unpaired) electrons. The second-order valence-corrected chi connectivity index (χ2v) is 2.68. The molecule has 0 aliphatic carbocycles. The summed E-state index contributed by atoms with van der Waals surface area (Å²) in [4.78, 5) is 10.2. The molecule has 2 nitrogen and oxygen atoms in total. The van der Waals surface area contributed by atoms with Crippen LogP contribution in [0.3, 0.4) is 0 Å². The molecule has 0 saturated carbocycles. The maximum Gasteiger partial charge on any atom is 0.0545 e. The van der Waals surface area contributed by atoms with Gasteiger partial charge in [0.15, 0.2) is 0 Å². The summed E-state index contributed by atoms with van der Waals surface area (Å²) in [7, 11) is -1.39. The van der Waals surface area contributed by atoms with E-state index in [-0.39, 0.29) is 6.10 Å². The van der Waals surface area contributed by atoms with Crippen molar-refractivity contribution in [1.29, 1.82) is 0 Å². The lowest BCUT2D eigenvalue weighted by molar-refractivity contribution is -0.181. The zero-order valence-corrected chi connectivity index (χ0v) is 5.74. The quantitative estimate of drug-likeness (QED) is 0.504. The smallest absolute Gasteiger partial charge is 0.0545 e. The van der Waals surface area contributed by atoms with Crippen LogP contribution >= 0.6 is 8.38 Å². The largest absolute Gasteiger partial charge is 0.808 e. The van der Waals surface area contributed by atoms with Crippen molar-refractivity contribution in [3.8, 4) is 0 Å². The fraction of sp³-hybridized carbons (Fsp3) is 1.00. The van der Waals surface area contributed by atoms with E-state index in [0.29, 0.717) is 0 Å². The van der Waals surface area contributed by atoms with Gasteiger partial charge in [0.2, 0.25) is 0 Å². The molecule has 0 amide bonds. The van der Waals surface area contributed by atoms with Gasteiger partial charge < -0.3 is 9.42 Å². The summed E-state index contributed by atoms with van der Waals surface area (Å²) >= 11 is 0. The maximum absolute atomic E-state index is 10.2. The van der Waals surface area contributed by atoms with Gasteiger partial charge in [-0.05, 0) is 20.5 Å². The molecule has 0 fully saturated rings. The first-order chi connectivity index (χ1) is 3.13. The van der Waals surface area contributed by atoms with Crippen molar-refractivity contribution in [3.05, 3.63) is 0 Å². The molecule has 0 aromatic carbocycles. The van der Waals surface area contributed by atoms with Gasteiger partial charge in [-0.1, -0.05) is 8.38 Å². The highest BCUT2D eigenvalue weighted by Gasteiger charge is 1.88. The van der Waals surface area contributed by atoms with Crippen molar-refractivity contribution >= 4 is 8.38 Å². The highest BCUT2D eigenvalue weighted by atomic mass is 31.2. The summed E-state index contributed by atoms with van der Waals surface area (Å²) in [5.41, 5.74) is 0. The minimum Gasteiger partial charge on any atom is -0.808 e. The monoisotopic (exact) mass is 121 g/mol. The highest BCUT2D eigenvalue weighted by Crippen LogP contribution is 2.21. The minimum atomic E-state index is -1.39. The molecule has 0 N–H and O–H groups in total. The molecule has 7 heavy (non-hydrogen) atoms. The molecule has 1 unspecified atom stereocenters. The van der Waals surface area contributed by atoms with E-state index in [1.165, 1.54) is 0 Å². The molecule has 0 rings (SSSR count). The fourth-order valence-electron chi connectivity index (χ4n) is 0.297. The second kappa shape index (κ2) is 3.36.